The largest absolute Gasteiger partial charge is 0.487 e. The van der Waals surface area contributed by atoms with Crippen LogP contribution in [0.25, 0.3) is 0 Å². The number of nitrogens with one attached hydrogen (secondary N) is 1. The van der Waals surface area contributed by atoms with Crippen molar-refractivity contribution in [3.8, 4) is 5.75 Å². The lowest BCUT2D eigenvalue weighted by Crippen LogP contribution is -2.51. The molecule has 0 saturated heterocycles. The molecule has 2 aromatic rings. The highest BCUT2D eigenvalue weighted by Gasteiger charge is 2.36. The smallest absolute Gasteiger partial charge is 0.272 e. The highest BCUT2D eigenvalue weighted by atomic mass is 16.5. The van der Waals surface area contributed by atoms with Crippen LogP contribution in [0.2, 0.25) is 0 Å². The number of hydrogen-bond donors (Lipinski definition) is 1. The Labute approximate surface area is 190 Å². The van der Waals surface area contributed by atoms with E-state index in [1.165, 1.54) is 0 Å². The molecule has 2 heterocycles. The number of ether oxygens (including phenoxy) is 1. The van der Waals surface area contributed by atoms with E-state index in [1.54, 1.807) is 12.5 Å². The Morgan fingerprint density at radius 3 is 2.66 bits per heavy atom. The molecule has 4 rings (SSSR count). The van der Waals surface area contributed by atoms with Gasteiger partial charge in [0, 0.05) is 19.6 Å². The third-order valence-electron chi connectivity index (χ3n) is 6.70. The average Bonchev–Trinajstić information content (AvgIpc) is 3.36. The number of nitrogens with zero attached hydrogens (tertiary/aromatic N) is 3. The van der Waals surface area contributed by atoms with Crippen LogP contribution in [-0.2, 0) is 0 Å². The van der Waals surface area contributed by atoms with E-state index >= 15 is 0 Å². The van der Waals surface area contributed by atoms with Gasteiger partial charge >= 0.3 is 0 Å². The molecule has 1 aliphatic carbocycles. The van der Waals surface area contributed by atoms with E-state index in [2.05, 4.69) is 9.97 Å². The Hall–Kier alpha value is -2.83. The number of para-hydroxylation sites is 1. The van der Waals surface area contributed by atoms with E-state index < -0.39 is 0 Å². The Morgan fingerprint density at radius 2 is 1.88 bits per heavy atom. The lowest BCUT2D eigenvalue weighted by molar-refractivity contribution is 0.0263. The second kappa shape index (κ2) is 10.7. The van der Waals surface area contributed by atoms with Crippen LogP contribution in [0.4, 0.5) is 0 Å². The van der Waals surface area contributed by atoms with Crippen molar-refractivity contribution < 1.29 is 14.3 Å². The van der Waals surface area contributed by atoms with Crippen molar-refractivity contribution in [2.75, 3.05) is 19.6 Å². The quantitative estimate of drug-likeness (QED) is 0.759. The predicted molar refractivity (Wildman–Crippen MR) is 123 cm³/mol. The van der Waals surface area contributed by atoms with Crippen LogP contribution in [0.15, 0.2) is 36.8 Å². The number of carbonyl (C=O) groups is 2. The number of benzene rings is 1. The van der Waals surface area contributed by atoms with E-state index in [4.69, 9.17) is 4.74 Å². The number of aromatic nitrogens is 2. The van der Waals surface area contributed by atoms with Gasteiger partial charge < -0.3 is 19.5 Å². The first kappa shape index (κ1) is 22.4. The zero-order valence-corrected chi connectivity index (χ0v) is 19.0. The van der Waals surface area contributed by atoms with Crippen molar-refractivity contribution in [1.82, 2.24) is 19.8 Å². The lowest BCUT2D eigenvalue weighted by Gasteiger charge is -2.40. The van der Waals surface area contributed by atoms with Crippen molar-refractivity contribution in [1.29, 1.82) is 0 Å². The third-order valence-corrected chi connectivity index (χ3v) is 6.70. The molecule has 172 valence electrons. The summed E-state index contributed by atoms with van der Waals surface area (Å²) in [5.74, 6) is 0.633. The zero-order valence-electron chi connectivity index (χ0n) is 19.0. The van der Waals surface area contributed by atoms with Gasteiger partial charge in [0.25, 0.3) is 11.8 Å². The fourth-order valence-corrected chi connectivity index (χ4v) is 4.94. The molecule has 0 unspecified atom stereocenters. The number of hydrogen-bond acceptors (Lipinski definition) is 4. The summed E-state index contributed by atoms with van der Waals surface area (Å²) in [5, 5.41) is 0. The second-order valence-electron chi connectivity index (χ2n) is 8.77. The molecule has 7 nitrogen and oxygen atoms in total. The Balaban J connectivity index is 1.67. The number of aromatic amines is 1. The first-order valence-corrected chi connectivity index (χ1v) is 12.0. The normalized spacial score (nSPS) is 23.0. The number of amides is 2. The minimum atomic E-state index is -0.136. The molecular formula is C25H34N4O3. The summed E-state index contributed by atoms with van der Waals surface area (Å²) in [4.78, 5) is 37.6. The lowest BCUT2D eigenvalue weighted by atomic mass is 9.90. The van der Waals surface area contributed by atoms with Gasteiger partial charge in [-0.1, -0.05) is 31.4 Å². The first-order chi connectivity index (χ1) is 15.7. The van der Waals surface area contributed by atoms with Gasteiger partial charge in [0.1, 0.15) is 17.5 Å². The Bertz CT molecular complexity index is 898. The number of H-pyrrole nitrogens is 1. The summed E-state index contributed by atoms with van der Waals surface area (Å²) in [7, 11) is 0. The minimum absolute atomic E-state index is 0.0170. The molecule has 1 saturated carbocycles. The zero-order chi connectivity index (χ0) is 22.3. The van der Waals surface area contributed by atoms with Crippen LogP contribution < -0.4 is 4.74 Å². The molecule has 32 heavy (non-hydrogen) atoms. The van der Waals surface area contributed by atoms with Crippen LogP contribution in [0.1, 0.15) is 79.1 Å². The third kappa shape index (κ3) is 4.97. The fraction of sp³-hybridized carbons (Fsp3) is 0.560. The van der Waals surface area contributed by atoms with Gasteiger partial charge in [0.15, 0.2) is 0 Å². The van der Waals surface area contributed by atoms with Crippen molar-refractivity contribution in [2.45, 2.75) is 70.4 Å². The number of imidazole rings is 1. The molecule has 1 aromatic carbocycles. The summed E-state index contributed by atoms with van der Waals surface area (Å²) in [6.07, 6.45) is 10.9. The Kier molecular flexibility index (Phi) is 7.45. The van der Waals surface area contributed by atoms with E-state index in [0.717, 1.165) is 57.9 Å². The van der Waals surface area contributed by atoms with Gasteiger partial charge in [-0.25, -0.2) is 4.98 Å². The molecule has 2 amide bonds. The number of fused-ring (bicyclic) bond motifs is 2. The van der Waals surface area contributed by atoms with Crippen molar-refractivity contribution in [3.05, 3.63) is 48.0 Å². The molecular weight excluding hydrogens is 404 g/mol. The highest BCUT2D eigenvalue weighted by molar-refractivity contribution is 5.97. The first-order valence-electron chi connectivity index (χ1n) is 12.0. The van der Waals surface area contributed by atoms with Gasteiger partial charge in [-0.15, -0.1) is 0 Å². The maximum Gasteiger partial charge on any atom is 0.272 e. The molecule has 1 aromatic heterocycles. The van der Waals surface area contributed by atoms with E-state index in [0.29, 0.717) is 30.1 Å². The van der Waals surface area contributed by atoms with E-state index in [-0.39, 0.29) is 24.0 Å². The maximum atomic E-state index is 13.4. The summed E-state index contributed by atoms with van der Waals surface area (Å²) in [6.45, 7) is 4.17. The molecule has 7 heteroatoms. The second-order valence-corrected chi connectivity index (χ2v) is 8.77. The maximum absolute atomic E-state index is 13.4. The summed E-state index contributed by atoms with van der Waals surface area (Å²) < 4.78 is 6.54. The van der Waals surface area contributed by atoms with Gasteiger partial charge in [-0.3, -0.25) is 9.59 Å². The fourth-order valence-electron chi connectivity index (χ4n) is 4.94. The minimum Gasteiger partial charge on any atom is -0.487 e. The predicted octanol–water partition coefficient (Wildman–Crippen LogP) is 4.28. The molecule has 1 fully saturated rings. The van der Waals surface area contributed by atoms with E-state index in [1.807, 2.05) is 41.0 Å². The standard InChI is InChI=1S/C25H34N4O3/c1-2-28-15-9-3-4-10-16-29(25(31)20-17-26-18-27-20)21-12-6-8-14-23(21)32-22-13-7-5-11-19(22)24(28)30/h5,7,11,13,17-18,21,23H,2-4,6,8-10,12,14-16H2,1H3,(H,26,27)/t21-,23+/m1/s1. The van der Waals surface area contributed by atoms with Crippen LogP contribution in [0, 0.1) is 0 Å². The van der Waals surface area contributed by atoms with Crippen LogP contribution in [0.3, 0.4) is 0 Å². The van der Waals surface area contributed by atoms with Gasteiger partial charge in [0.05, 0.1) is 24.1 Å². The Morgan fingerprint density at radius 1 is 1.09 bits per heavy atom. The number of carbonyl (C=O) groups excluding carboxylic acids is 2. The van der Waals surface area contributed by atoms with Crippen LogP contribution >= 0.6 is 0 Å². The molecule has 1 N–H and O–H groups in total. The molecule has 0 bridgehead atoms. The van der Waals surface area contributed by atoms with Crippen molar-refractivity contribution >= 4 is 11.8 Å². The summed E-state index contributed by atoms with van der Waals surface area (Å²) in [6, 6.07) is 7.53. The molecule has 2 atom stereocenters. The monoisotopic (exact) mass is 438 g/mol. The summed E-state index contributed by atoms with van der Waals surface area (Å²) in [5.41, 5.74) is 1.13. The van der Waals surface area contributed by atoms with Gasteiger partial charge in [-0.2, -0.15) is 0 Å². The van der Waals surface area contributed by atoms with Gasteiger partial charge in [0.2, 0.25) is 0 Å². The van der Waals surface area contributed by atoms with E-state index in [9.17, 15) is 9.59 Å². The topological polar surface area (TPSA) is 78.5 Å². The van der Waals surface area contributed by atoms with Crippen molar-refractivity contribution in [3.63, 3.8) is 0 Å². The molecule has 0 spiro atoms. The van der Waals surface area contributed by atoms with Gasteiger partial charge in [-0.05, 0) is 51.2 Å². The average molecular weight is 439 g/mol. The molecule has 0 radical (unpaired) electrons. The summed E-state index contributed by atoms with van der Waals surface area (Å²) >= 11 is 0. The molecule has 1 aliphatic heterocycles. The van der Waals surface area contributed by atoms with Crippen LogP contribution in [0.5, 0.6) is 5.75 Å². The van der Waals surface area contributed by atoms with Crippen molar-refractivity contribution in [2.24, 2.45) is 0 Å². The SMILES string of the molecule is CCN1CCCCCCN(C(=O)c2cnc[nH]2)[C@@H]2CCCC[C@@H]2Oc2ccccc2C1=O. The molecule has 2 aliphatic rings. The highest BCUT2D eigenvalue weighted by Crippen LogP contribution is 2.31. The van der Waals surface area contributed by atoms with Crippen LogP contribution in [-0.4, -0.2) is 63.4 Å². The number of rotatable bonds is 2.